The number of nitrogens with zero attached hydrogens (tertiary/aromatic N) is 1. The molecule has 0 saturated heterocycles. The zero-order chi connectivity index (χ0) is 10.8. The summed E-state index contributed by atoms with van der Waals surface area (Å²) in [4.78, 5) is 4.46. The summed E-state index contributed by atoms with van der Waals surface area (Å²) in [5, 5.41) is 0. The minimum Gasteiger partial charge on any atom is -0.319 e. The Morgan fingerprint density at radius 2 is 1.93 bits per heavy atom. The van der Waals surface area contributed by atoms with E-state index in [1.807, 2.05) is 0 Å². The molecule has 15 heavy (non-hydrogen) atoms. The van der Waals surface area contributed by atoms with Crippen LogP contribution in [0.1, 0.15) is 16.5 Å². The molecule has 2 rings (SSSR count). The number of hydrogen-bond donors (Lipinski definition) is 1. The zero-order valence-electron chi connectivity index (χ0n) is 7.65. The Hall–Kier alpha value is -1.33. The number of hydrogen-bond acceptors (Lipinski definition) is 3. The molecular formula is C10H8F2N2S. The molecular weight excluding hydrogens is 218 g/mol. The lowest BCUT2D eigenvalue weighted by molar-refractivity contribution is 0.545. The molecule has 0 bridgehead atoms. The zero-order valence-corrected chi connectivity index (χ0v) is 8.47. The van der Waals surface area contributed by atoms with Gasteiger partial charge >= 0.3 is 0 Å². The summed E-state index contributed by atoms with van der Waals surface area (Å²) in [5.74, 6) is -1.26. The van der Waals surface area contributed by atoms with Gasteiger partial charge in [-0.25, -0.2) is 8.78 Å². The molecule has 2 nitrogen and oxygen atoms in total. The van der Waals surface area contributed by atoms with Crippen molar-refractivity contribution >= 4 is 11.3 Å². The van der Waals surface area contributed by atoms with Gasteiger partial charge in [0.05, 0.1) is 11.6 Å². The van der Waals surface area contributed by atoms with Crippen molar-refractivity contribution in [2.45, 2.75) is 6.04 Å². The van der Waals surface area contributed by atoms with E-state index in [0.717, 1.165) is 0 Å². The third-order valence-corrected chi connectivity index (χ3v) is 2.93. The van der Waals surface area contributed by atoms with Crippen LogP contribution in [0.15, 0.2) is 29.9 Å². The lowest BCUT2D eigenvalue weighted by Crippen LogP contribution is -2.14. The lowest BCUT2D eigenvalue weighted by Gasteiger charge is -2.11. The molecule has 78 valence electrons. The van der Waals surface area contributed by atoms with Gasteiger partial charge in [0, 0.05) is 16.6 Å². The lowest BCUT2D eigenvalue weighted by atomic mass is 10.1. The van der Waals surface area contributed by atoms with Crippen molar-refractivity contribution in [2.24, 2.45) is 5.73 Å². The van der Waals surface area contributed by atoms with Crippen LogP contribution in [-0.4, -0.2) is 4.98 Å². The third-order valence-electron chi connectivity index (χ3n) is 2.07. The third kappa shape index (κ3) is 1.88. The summed E-state index contributed by atoms with van der Waals surface area (Å²) in [6.45, 7) is 0. The number of benzene rings is 1. The Labute approximate surface area is 89.4 Å². The number of aromatic nitrogens is 1. The molecule has 1 atom stereocenters. The van der Waals surface area contributed by atoms with Crippen LogP contribution in [0.4, 0.5) is 8.78 Å². The summed E-state index contributed by atoms with van der Waals surface area (Å²) >= 11 is 1.27. The monoisotopic (exact) mass is 226 g/mol. The van der Waals surface area contributed by atoms with Crippen LogP contribution in [-0.2, 0) is 0 Å². The van der Waals surface area contributed by atoms with E-state index in [9.17, 15) is 8.78 Å². The Morgan fingerprint density at radius 3 is 2.47 bits per heavy atom. The predicted octanol–water partition coefficient (Wildman–Crippen LogP) is 2.47. The number of nitrogens with two attached hydrogens (primary N) is 1. The Bertz CT molecular complexity index is 436. The quantitative estimate of drug-likeness (QED) is 0.854. The molecule has 0 aliphatic carbocycles. The maximum Gasteiger partial charge on any atom is 0.131 e. The van der Waals surface area contributed by atoms with Gasteiger partial charge in [-0.3, -0.25) is 4.98 Å². The van der Waals surface area contributed by atoms with E-state index in [-0.39, 0.29) is 5.56 Å². The smallest absolute Gasteiger partial charge is 0.131 e. The summed E-state index contributed by atoms with van der Waals surface area (Å²) in [7, 11) is 0. The van der Waals surface area contributed by atoms with Crippen molar-refractivity contribution in [1.82, 2.24) is 4.98 Å². The molecule has 1 aromatic heterocycles. The van der Waals surface area contributed by atoms with Crippen molar-refractivity contribution < 1.29 is 8.78 Å². The van der Waals surface area contributed by atoms with Gasteiger partial charge in [0.1, 0.15) is 11.6 Å². The van der Waals surface area contributed by atoms with Gasteiger partial charge in [0.2, 0.25) is 0 Å². The predicted molar refractivity (Wildman–Crippen MR) is 54.5 cm³/mol. The maximum absolute atomic E-state index is 13.4. The first-order valence-corrected chi connectivity index (χ1v) is 5.16. The highest BCUT2D eigenvalue weighted by Crippen LogP contribution is 2.26. The fraction of sp³-hybridized carbons (Fsp3) is 0.100. The van der Waals surface area contributed by atoms with Crippen molar-refractivity contribution in [3.63, 3.8) is 0 Å². The summed E-state index contributed by atoms with van der Waals surface area (Å²) in [6.07, 6.45) is 1.52. The molecule has 0 amide bonds. The van der Waals surface area contributed by atoms with Gasteiger partial charge in [0.25, 0.3) is 0 Å². The van der Waals surface area contributed by atoms with Crippen LogP contribution in [0.25, 0.3) is 0 Å². The van der Waals surface area contributed by atoms with Gasteiger partial charge in [-0.05, 0) is 12.1 Å². The number of thiazole rings is 1. The van der Waals surface area contributed by atoms with Crippen LogP contribution in [0, 0.1) is 11.6 Å². The minimum absolute atomic E-state index is 0.109. The molecule has 0 spiro atoms. The first-order chi connectivity index (χ1) is 7.20. The second-order valence-corrected chi connectivity index (χ2v) is 3.93. The topological polar surface area (TPSA) is 38.9 Å². The van der Waals surface area contributed by atoms with Gasteiger partial charge in [-0.2, -0.15) is 0 Å². The van der Waals surface area contributed by atoms with Gasteiger partial charge < -0.3 is 5.73 Å². The molecule has 0 aliphatic heterocycles. The van der Waals surface area contributed by atoms with Crippen LogP contribution in [0.2, 0.25) is 0 Å². The Kier molecular flexibility index (Phi) is 2.75. The van der Waals surface area contributed by atoms with E-state index in [4.69, 9.17) is 5.73 Å². The normalized spacial score (nSPS) is 12.7. The number of rotatable bonds is 2. The highest BCUT2D eigenvalue weighted by Gasteiger charge is 2.18. The standard InChI is InChI=1S/C10H8F2N2S/c11-6-2-1-3-7(12)9(6)10(13)8-4-14-5-15-8/h1-5,10H,13H2. The molecule has 2 aromatic rings. The molecule has 0 fully saturated rings. The van der Waals surface area contributed by atoms with E-state index >= 15 is 0 Å². The van der Waals surface area contributed by atoms with Gasteiger partial charge in [0.15, 0.2) is 0 Å². The average Bonchev–Trinajstić information content (AvgIpc) is 2.69. The fourth-order valence-corrected chi connectivity index (χ4v) is 1.96. The molecule has 1 aromatic carbocycles. The highest BCUT2D eigenvalue weighted by atomic mass is 32.1. The van der Waals surface area contributed by atoms with Gasteiger partial charge in [-0.1, -0.05) is 6.07 Å². The van der Waals surface area contributed by atoms with E-state index in [1.54, 1.807) is 5.51 Å². The molecule has 0 saturated carbocycles. The van der Waals surface area contributed by atoms with Crippen LogP contribution in [0.5, 0.6) is 0 Å². The second kappa shape index (κ2) is 4.04. The summed E-state index contributed by atoms with van der Waals surface area (Å²) < 4.78 is 26.7. The van der Waals surface area contributed by atoms with Crippen molar-refractivity contribution in [3.8, 4) is 0 Å². The van der Waals surface area contributed by atoms with Crippen molar-refractivity contribution in [1.29, 1.82) is 0 Å². The second-order valence-electron chi connectivity index (χ2n) is 3.02. The first-order valence-electron chi connectivity index (χ1n) is 4.28. The average molecular weight is 226 g/mol. The molecule has 1 heterocycles. The first kappa shape index (κ1) is 10.2. The molecule has 0 aliphatic rings. The summed E-state index contributed by atoms with van der Waals surface area (Å²) in [6, 6.07) is 2.91. The van der Waals surface area contributed by atoms with E-state index in [2.05, 4.69) is 4.98 Å². The van der Waals surface area contributed by atoms with Crippen molar-refractivity contribution in [2.75, 3.05) is 0 Å². The highest BCUT2D eigenvalue weighted by molar-refractivity contribution is 7.09. The molecule has 2 N–H and O–H groups in total. The Balaban J connectivity index is 2.46. The van der Waals surface area contributed by atoms with E-state index in [1.165, 1.54) is 35.7 Å². The van der Waals surface area contributed by atoms with Crippen LogP contribution < -0.4 is 5.73 Å². The van der Waals surface area contributed by atoms with Crippen LogP contribution in [0.3, 0.4) is 0 Å². The van der Waals surface area contributed by atoms with Crippen molar-refractivity contribution in [3.05, 3.63) is 52.0 Å². The number of halogens is 2. The minimum atomic E-state index is -0.793. The summed E-state index contributed by atoms with van der Waals surface area (Å²) in [5.41, 5.74) is 7.22. The molecule has 0 radical (unpaired) electrons. The van der Waals surface area contributed by atoms with E-state index in [0.29, 0.717) is 4.88 Å². The van der Waals surface area contributed by atoms with E-state index < -0.39 is 17.7 Å². The fourth-order valence-electron chi connectivity index (χ4n) is 1.33. The Morgan fingerprint density at radius 1 is 1.27 bits per heavy atom. The maximum atomic E-state index is 13.4. The molecule has 5 heteroatoms. The largest absolute Gasteiger partial charge is 0.319 e. The molecule has 1 unspecified atom stereocenters. The van der Waals surface area contributed by atoms with Gasteiger partial charge in [-0.15, -0.1) is 11.3 Å². The van der Waals surface area contributed by atoms with Crippen LogP contribution >= 0.6 is 11.3 Å². The SMILES string of the molecule is NC(c1cncs1)c1c(F)cccc1F.